The summed E-state index contributed by atoms with van der Waals surface area (Å²) in [6.45, 7) is 1.55. The molecule has 4 rings (SSSR count). The van der Waals surface area contributed by atoms with Crippen molar-refractivity contribution in [3.8, 4) is 22.8 Å². The van der Waals surface area contributed by atoms with Gasteiger partial charge in [0.25, 0.3) is 5.89 Å². The molecular weight excluding hydrogens is 375 g/mol. The van der Waals surface area contributed by atoms with Gasteiger partial charge >= 0.3 is 6.43 Å². The fourth-order valence-corrected chi connectivity index (χ4v) is 3.19. The van der Waals surface area contributed by atoms with Crippen molar-refractivity contribution in [2.24, 2.45) is 0 Å². The molecule has 28 heavy (non-hydrogen) atoms. The van der Waals surface area contributed by atoms with E-state index in [1.54, 1.807) is 15.7 Å². The van der Waals surface area contributed by atoms with Gasteiger partial charge in [0.1, 0.15) is 18.2 Å². The minimum Gasteiger partial charge on any atom is -0.415 e. The predicted octanol–water partition coefficient (Wildman–Crippen LogP) is 3.30. The Morgan fingerprint density at radius 3 is 2.61 bits per heavy atom. The maximum atomic E-state index is 14.2. The number of aromatic nitrogens is 4. The molecule has 1 aliphatic heterocycles. The number of halogens is 3. The lowest BCUT2D eigenvalue weighted by Crippen LogP contribution is -2.31. The first-order chi connectivity index (χ1) is 13.5. The standard InChI is InChI=1S/C18H16F3N5O2/c19-13-8-11(7-12(9-13)17-23-24-18(28-17)15(20)21)16-22-3-6-26(16)10-14(27)25-4-1-2-5-25/h3,6-9,15H,1-2,4-5,10H2. The number of rotatable bonds is 5. The van der Waals surface area contributed by atoms with Gasteiger partial charge in [0, 0.05) is 36.6 Å². The van der Waals surface area contributed by atoms with E-state index in [4.69, 9.17) is 4.42 Å². The van der Waals surface area contributed by atoms with E-state index in [9.17, 15) is 18.0 Å². The fourth-order valence-electron chi connectivity index (χ4n) is 3.19. The van der Waals surface area contributed by atoms with Gasteiger partial charge in [0.15, 0.2) is 0 Å². The van der Waals surface area contributed by atoms with Crippen LogP contribution in [0.5, 0.6) is 0 Å². The van der Waals surface area contributed by atoms with Crippen molar-refractivity contribution in [2.45, 2.75) is 25.8 Å². The molecule has 1 aliphatic rings. The van der Waals surface area contributed by atoms with Gasteiger partial charge < -0.3 is 13.9 Å². The fraction of sp³-hybridized carbons (Fsp3) is 0.333. The topological polar surface area (TPSA) is 77.0 Å². The zero-order chi connectivity index (χ0) is 19.7. The average molecular weight is 391 g/mol. The first-order valence-electron chi connectivity index (χ1n) is 8.73. The Morgan fingerprint density at radius 1 is 1.14 bits per heavy atom. The van der Waals surface area contributed by atoms with Gasteiger partial charge in [-0.25, -0.2) is 9.37 Å². The smallest absolute Gasteiger partial charge is 0.314 e. The van der Waals surface area contributed by atoms with Crippen LogP contribution in [0.1, 0.15) is 25.2 Å². The van der Waals surface area contributed by atoms with Gasteiger partial charge in [-0.2, -0.15) is 8.78 Å². The van der Waals surface area contributed by atoms with E-state index in [0.29, 0.717) is 11.4 Å². The third-order valence-corrected chi connectivity index (χ3v) is 4.51. The molecule has 146 valence electrons. The largest absolute Gasteiger partial charge is 0.415 e. The highest BCUT2D eigenvalue weighted by molar-refractivity contribution is 5.77. The minimum atomic E-state index is -2.91. The van der Waals surface area contributed by atoms with Crippen molar-refractivity contribution < 1.29 is 22.4 Å². The second-order valence-corrected chi connectivity index (χ2v) is 6.44. The minimum absolute atomic E-state index is 0.0353. The third kappa shape index (κ3) is 3.62. The van der Waals surface area contributed by atoms with Gasteiger partial charge in [-0.1, -0.05) is 0 Å². The van der Waals surface area contributed by atoms with E-state index >= 15 is 0 Å². The zero-order valence-corrected chi connectivity index (χ0v) is 14.7. The van der Waals surface area contributed by atoms with Gasteiger partial charge in [-0.15, -0.1) is 10.2 Å². The molecule has 0 spiro atoms. The van der Waals surface area contributed by atoms with Crippen molar-refractivity contribution >= 4 is 5.91 Å². The second kappa shape index (κ2) is 7.45. The van der Waals surface area contributed by atoms with Crippen molar-refractivity contribution in [3.63, 3.8) is 0 Å². The number of carbonyl (C=O) groups excluding carboxylic acids is 1. The molecule has 10 heteroatoms. The van der Waals surface area contributed by atoms with Crippen LogP contribution in [0, 0.1) is 5.82 Å². The van der Waals surface area contributed by atoms with E-state index in [2.05, 4.69) is 15.2 Å². The Kier molecular flexibility index (Phi) is 4.84. The van der Waals surface area contributed by atoms with Crippen LogP contribution in [0.2, 0.25) is 0 Å². The van der Waals surface area contributed by atoms with Crippen LogP contribution in [0.3, 0.4) is 0 Å². The number of amides is 1. The lowest BCUT2D eigenvalue weighted by Gasteiger charge is -2.16. The van der Waals surface area contributed by atoms with Crippen molar-refractivity contribution in [2.75, 3.05) is 13.1 Å². The molecule has 1 amide bonds. The number of benzene rings is 1. The van der Waals surface area contributed by atoms with Crippen LogP contribution in [0.15, 0.2) is 35.0 Å². The first kappa shape index (κ1) is 18.2. The van der Waals surface area contributed by atoms with Crippen molar-refractivity contribution in [1.82, 2.24) is 24.6 Å². The molecule has 0 bridgehead atoms. The number of alkyl halides is 2. The molecule has 0 saturated carbocycles. The Labute approximate surface area is 157 Å². The van der Waals surface area contributed by atoms with Gasteiger partial charge in [0.05, 0.1) is 0 Å². The monoisotopic (exact) mass is 391 g/mol. The normalized spacial score (nSPS) is 14.2. The molecule has 0 radical (unpaired) electrons. The number of hydrogen-bond donors (Lipinski definition) is 0. The SMILES string of the molecule is O=C(Cn1ccnc1-c1cc(F)cc(-c2nnc(C(F)F)o2)c1)N1CCCC1. The average Bonchev–Trinajstić information content (AvgIpc) is 3.41. The van der Waals surface area contributed by atoms with Gasteiger partial charge in [0.2, 0.25) is 11.8 Å². The summed E-state index contributed by atoms with van der Waals surface area (Å²) < 4.78 is 46.0. The Hall–Kier alpha value is -3.17. The number of nitrogens with zero attached hydrogens (tertiary/aromatic N) is 5. The molecule has 3 aromatic rings. The van der Waals surface area contributed by atoms with Crippen LogP contribution >= 0.6 is 0 Å². The highest BCUT2D eigenvalue weighted by atomic mass is 19.3. The molecule has 7 nitrogen and oxygen atoms in total. The Morgan fingerprint density at radius 2 is 1.89 bits per heavy atom. The summed E-state index contributed by atoms with van der Waals surface area (Å²) in [5, 5.41) is 6.80. The lowest BCUT2D eigenvalue weighted by molar-refractivity contribution is -0.130. The summed E-state index contributed by atoms with van der Waals surface area (Å²) in [4.78, 5) is 18.4. The molecular formula is C18H16F3N5O2. The lowest BCUT2D eigenvalue weighted by atomic mass is 10.1. The van der Waals surface area contributed by atoms with Crippen LogP contribution in [0.25, 0.3) is 22.8 Å². The molecule has 0 unspecified atom stereocenters. The van der Waals surface area contributed by atoms with E-state index in [1.807, 2.05) is 0 Å². The third-order valence-electron chi connectivity index (χ3n) is 4.51. The summed E-state index contributed by atoms with van der Waals surface area (Å²) in [5.41, 5.74) is 0.515. The maximum Gasteiger partial charge on any atom is 0.314 e. The predicted molar refractivity (Wildman–Crippen MR) is 91.7 cm³/mol. The summed E-state index contributed by atoms with van der Waals surface area (Å²) in [7, 11) is 0. The number of likely N-dealkylation sites (tertiary alicyclic amines) is 1. The number of carbonyl (C=O) groups is 1. The van der Waals surface area contributed by atoms with Crippen molar-refractivity contribution in [3.05, 3.63) is 42.3 Å². The molecule has 0 N–H and O–H groups in total. The maximum absolute atomic E-state index is 14.2. The van der Waals surface area contributed by atoms with Gasteiger partial charge in [-0.3, -0.25) is 4.79 Å². The molecule has 0 aliphatic carbocycles. The van der Waals surface area contributed by atoms with E-state index < -0.39 is 18.1 Å². The number of imidazole rings is 1. The van der Waals surface area contributed by atoms with Gasteiger partial charge in [-0.05, 0) is 31.0 Å². The van der Waals surface area contributed by atoms with Crippen LogP contribution < -0.4 is 0 Å². The Balaban J connectivity index is 1.64. The van der Waals surface area contributed by atoms with Crippen molar-refractivity contribution in [1.29, 1.82) is 0 Å². The molecule has 3 heterocycles. The van der Waals surface area contributed by atoms with E-state index in [1.165, 1.54) is 18.3 Å². The number of hydrogen-bond acceptors (Lipinski definition) is 5. The first-order valence-corrected chi connectivity index (χ1v) is 8.73. The van der Waals surface area contributed by atoms with Crippen LogP contribution in [0.4, 0.5) is 13.2 Å². The highest BCUT2D eigenvalue weighted by Gasteiger charge is 2.21. The van der Waals surface area contributed by atoms with E-state index in [-0.39, 0.29) is 23.9 Å². The summed E-state index contributed by atoms with van der Waals surface area (Å²) in [5.74, 6) is -1.33. The molecule has 2 aromatic heterocycles. The molecule has 1 saturated heterocycles. The van der Waals surface area contributed by atoms with Crippen LogP contribution in [-0.2, 0) is 11.3 Å². The Bertz CT molecular complexity index is 995. The second-order valence-electron chi connectivity index (χ2n) is 6.44. The summed E-state index contributed by atoms with van der Waals surface area (Å²) in [6.07, 6.45) is 2.21. The highest BCUT2D eigenvalue weighted by Crippen LogP contribution is 2.28. The molecule has 1 fully saturated rings. The zero-order valence-electron chi connectivity index (χ0n) is 14.7. The molecule has 1 aromatic carbocycles. The molecule has 0 atom stereocenters. The summed E-state index contributed by atoms with van der Waals surface area (Å²) in [6, 6.07) is 3.85. The van der Waals surface area contributed by atoms with E-state index in [0.717, 1.165) is 32.0 Å². The summed E-state index contributed by atoms with van der Waals surface area (Å²) >= 11 is 0. The van der Waals surface area contributed by atoms with Crippen LogP contribution in [-0.4, -0.2) is 43.6 Å². The quantitative estimate of drug-likeness (QED) is 0.667.